The van der Waals surface area contributed by atoms with Gasteiger partial charge in [-0.05, 0) is 47.9 Å². The molecule has 0 aromatic heterocycles. The van der Waals surface area contributed by atoms with Gasteiger partial charge in [0, 0.05) is 9.50 Å². The Bertz CT molecular complexity index is 604. The highest BCUT2D eigenvalue weighted by atomic mass is 79.9. The molecule has 1 unspecified atom stereocenters. The lowest BCUT2D eigenvalue weighted by atomic mass is 9.98. The van der Waals surface area contributed by atoms with Crippen molar-refractivity contribution >= 4 is 27.5 Å². The Kier molecular flexibility index (Phi) is 4.58. The highest BCUT2D eigenvalue weighted by Crippen LogP contribution is 2.30. The van der Waals surface area contributed by atoms with Crippen LogP contribution >= 0.6 is 27.5 Å². The van der Waals surface area contributed by atoms with Crippen LogP contribution in [0.15, 0.2) is 40.9 Å². The summed E-state index contributed by atoms with van der Waals surface area (Å²) in [5.74, 6) is 5.26. The fourth-order valence-corrected chi connectivity index (χ4v) is 2.42. The SMILES string of the molecule is Cc1cc(C(NN)c2cc(F)ccc2Cl)ccc1Br. The van der Waals surface area contributed by atoms with Crippen molar-refractivity contribution in [1.82, 2.24) is 5.43 Å². The van der Waals surface area contributed by atoms with Gasteiger partial charge >= 0.3 is 0 Å². The van der Waals surface area contributed by atoms with E-state index in [0.29, 0.717) is 10.6 Å². The van der Waals surface area contributed by atoms with Gasteiger partial charge < -0.3 is 0 Å². The lowest BCUT2D eigenvalue weighted by Crippen LogP contribution is -2.29. The zero-order valence-electron chi connectivity index (χ0n) is 10.3. The molecule has 0 aliphatic heterocycles. The van der Waals surface area contributed by atoms with E-state index in [4.69, 9.17) is 17.4 Å². The molecule has 2 nitrogen and oxygen atoms in total. The van der Waals surface area contributed by atoms with Gasteiger partial charge in [-0.1, -0.05) is 39.7 Å². The molecule has 0 saturated carbocycles. The Labute approximate surface area is 124 Å². The molecule has 19 heavy (non-hydrogen) atoms. The van der Waals surface area contributed by atoms with E-state index < -0.39 is 0 Å². The Balaban J connectivity index is 2.49. The number of rotatable bonds is 3. The van der Waals surface area contributed by atoms with Crippen LogP contribution in [0.25, 0.3) is 0 Å². The summed E-state index contributed by atoms with van der Waals surface area (Å²) in [5, 5.41) is 0.477. The van der Waals surface area contributed by atoms with Gasteiger partial charge in [-0.2, -0.15) is 0 Å². The van der Waals surface area contributed by atoms with E-state index in [1.54, 1.807) is 0 Å². The number of hydrazine groups is 1. The van der Waals surface area contributed by atoms with Crippen molar-refractivity contribution in [3.63, 3.8) is 0 Å². The minimum atomic E-state index is -0.352. The molecule has 0 aliphatic rings. The fourth-order valence-electron chi connectivity index (χ4n) is 1.95. The molecule has 0 spiro atoms. The Hall–Kier alpha value is -0.940. The number of aryl methyl sites for hydroxylation is 1. The Morgan fingerprint density at radius 1 is 1.26 bits per heavy atom. The normalized spacial score (nSPS) is 12.5. The number of hydrogen-bond donors (Lipinski definition) is 2. The van der Waals surface area contributed by atoms with Crippen LogP contribution in [0.3, 0.4) is 0 Å². The van der Waals surface area contributed by atoms with Crippen molar-refractivity contribution in [2.24, 2.45) is 5.84 Å². The third kappa shape index (κ3) is 3.15. The van der Waals surface area contributed by atoms with E-state index in [1.807, 2.05) is 25.1 Å². The molecule has 3 N–H and O–H groups in total. The quantitative estimate of drug-likeness (QED) is 0.650. The third-order valence-corrected chi connectivity index (χ3v) is 4.19. The molecule has 0 saturated heterocycles. The van der Waals surface area contributed by atoms with Crippen molar-refractivity contribution in [3.8, 4) is 0 Å². The van der Waals surface area contributed by atoms with Crippen LogP contribution in [0.4, 0.5) is 4.39 Å². The monoisotopic (exact) mass is 342 g/mol. The summed E-state index contributed by atoms with van der Waals surface area (Å²) in [4.78, 5) is 0. The predicted molar refractivity (Wildman–Crippen MR) is 79.5 cm³/mol. The summed E-state index contributed by atoms with van der Waals surface area (Å²) in [6, 6.07) is 9.73. The van der Waals surface area contributed by atoms with Crippen molar-refractivity contribution in [2.45, 2.75) is 13.0 Å². The van der Waals surface area contributed by atoms with Gasteiger partial charge in [0.25, 0.3) is 0 Å². The average Bonchev–Trinajstić information content (AvgIpc) is 2.38. The summed E-state index contributed by atoms with van der Waals surface area (Å²) in [6.45, 7) is 1.98. The number of nitrogens with one attached hydrogen (secondary N) is 1. The molecular weight excluding hydrogens is 331 g/mol. The molecule has 0 heterocycles. The van der Waals surface area contributed by atoms with Crippen LogP contribution in [0.5, 0.6) is 0 Å². The number of hydrogen-bond acceptors (Lipinski definition) is 2. The summed E-state index contributed by atoms with van der Waals surface area (Å²) in [6.07, 6.45) is 0. The van der Waals surface area contributed by atoms with Gasteiger partial charge in [0.1, 0.15) is 5.82 Å². The average molecular weight is 344 g/mol. The van der Waals surface area contributed by atoms with E-state index in [-0.39, 0.29) is 11.9 Å². The topological polar surface area (TPSA) is 38.0 Å². The Morgan fingerprint density at radius 3 is 2.63 bits per heavy atom. The van der Waals surface area contributed by atoms with Crippen LogP contribution in [0, 0.1) is 12.7 Å². The second kappa shape index (κ2) is 6.01. The highest BCUT2D eigenvalue weighted by molar-refractivity contribution is 9.10. The van der Waals surface area contributed by atoms with Crippen molar-refractivity contribution in [3.05, 3.63) is 68.4 Å². The van der Waals surface area contributed by atoms with Gasteiger partial charge in [0.2, 0.25) is 0 Å². The Morgan fingerprint density at radius 2 is 2.00 bits per heavy atom. The molecule has 2 rings (SSSR count). The zero-order valence-corrected chi connectivity index (χ0v) is 12.6. The molecule has 0 radical (unpaired) electrons. The smallest absolute Gasteiger partial charge is 0.123 e. The van der Waals surface area contributed by atoms with Crippen LogP contribution in [-0.4, -0.2) is 0 Å². The van der Waals surface area contributed by atoms with Crippen LogP contribution < -0.4 is 11.3 Å². The molecular formula is C14H13BrClFN2. The second-order valence-electron chi connectivity index (χ2n) is 4.27. The molecule has 5 heteroatoms. The number of benzene rings is 2. The first kappa shape index (κ1) is 14.5. The van der Waals surface area contributed by atoms with E-state index in [1.165, 1.54) is 18.2 Å². The van der Waals surface area contributed by atoms with Crippen molar-refractivity contribution < 1.29 is 4.39 Å². The number of nitrogens with two attached hydrogens (primary N) is 1. The van der Waals surface area contributed by atoms with Gasteiger partial charge in [-0.25, -0.2) is 9.82 Å². The van der Waals surface area contributed by atoms with Gasteiger partial charge in [0.05, 0.1) is 6.04 Å². The first-order valence-corrected chi connectivity index (χ1v) is 6.87. The fraction of sp³-hybridized carbons (Fsp3) is 0.143. The maximum atomic E-state index is 13.4. The van der Waals surface area contributed by atoms with E-state index in [0.717, 1.165) is 15.6 Å². The van der Waals surface area contributed by atoms with Crippen molar-refractivity contribution in [1.29, 1.82) is 0 Å². The maximum Gasteiger partial charge on any atom is 0.123 e. The minimum absolute atomic E-state index is 0.339. The lowest BCUT2D eigenvalue weighted by molar-refractivity contribution is 0.605. The van der Waals surface area contributed by atoms with E-state index in [9.17, 15) is 4.39 Å². The molecule has 2 aromatic rings. The molecule has 0 aliphatic carbocycles. The lowest BCUT2D eigenvalue weighted by Gasteiger charge is -2.19. The van der Waals surface area contributed by atoms with E-state index >= 15 is 0 Å². The van der Waals surface area contributed by atoms with Crippen LogP contribution in [-0.2, 0) is 0 Å². The predicted octanol–water partition coefficient (Wildman–Crippen LogP) is 4.10. The first-order valence-electron chi connectivity index (χ1n) is 5.70. The maximum absolute atomic E-state index is 13.4. The number of halogens is 3. The molecule has 100 valence electrons. The molecule has 1 atom stereocenters. The van der Waals surface area contributed by atoms with Gasteiger partial charge in [-0.15, -0.1) is 0 Å². The van der Waals surface area contributed by atoms with E-state index in [2.05, 4.69) is 21.4 Å². The van der Waals surface area contributed by atoms with Crippen LogP contribution in [0.2, 0.25) is 5.02 Å². The molecule has 0 amide bonds. The minimum Gasteiger partial charge on any atom is -0.271 e. The first-order chi connectivity index (χ1) is 9.02. The standard InChI is InChI=1S/C14H13BrClFN2/c1-8-6-9(2-4-12(8)15)14(19-18)11-7-10(17)3-5-13(11)16/h2-7,14,19H,18H2,1H3. The third-order valence-electron chi connectivity index (χ3n) is 2.95. The summed E-state index contributed by atoms with van der Waals surface area (Å²) < 4.78 is 14.4. The summed E-state index contributed by atoms with van der Waals surface area (Å²) in [5.41, 5.74) is 5.30. The van der Waals surface area contributed by atoms with Gasteiger partial charge in [-0.3, -0.25) is 5.84 Å². The summed E-state index contributed by atoms with van der Waals surface area (Å²) >= 11 is 9.56. The molecule has 0 fully saturated rings. The molecule has 0 bridgehead atoms. The highest BCUT2D eigenvalue weighted by Gasteiger charge is 2.17. The molecule has 2 aromatic carbocycles. The zero-order chi connectivity index (χ0) is 14.0. The summed E-state index contributed by atoms with van der Waals surface area (Å²) in [7, 11) is 0. The van der Waals surface area contributed by atoms with Gasteiger partial charge in [0.15, 0.2) is 0 Å². The largest absolute Gasteiger partial charge is 0.271 e. The van der Waals surface area contributed by atoms with Crippen molar-refractivity contribution in [2.75, 3.05) is 0 Å². The van der Waals surface area contributed by atoms with Crippen LogP contribution in [0.1, 0.15) is 22.7 Å². The second-order valence-corrected chi connectivity index (χ2v) is 5.54.